The van der Waals surface area contributed by atoms with Gasteiger partial charge in [0.2, 0.25) is 9.84 Å². The van der Waals surface area contributed by atoms with Crippen molar-refractivity contribution in [1.29, 1.82) is 5.26 Å². The minimum absolute atomic E-state index is 0.0423. The first kappa shape index (κ1) is 13.9. The van der Waals surface area contributed by atoms with Crippen molar-refractivity contribution in [2.75, 3.05) is 12.0 Å². The molecular formula is C12H10N2O2S3. The molecule has 0 spiro atoms. The topological polar surface area (TPSA) is 83.9 Å². The summed E-state index contributed by atoms with van der Waals surface area (Å²) in [7, 11) is -3.69. The minimum atomic E-state index is -3.69. The van der Waals surface area contributed by atoms with Gasteiger partial charge in [-0.15, -0.1) is 23.1 Å². The molecule has 2 aromatic rings. The summed E-state index contributed by atoms with van der Waals surface area (Å²) in [6, 6.07) is 10.0. The zero-order valence-corrected chi connectivity index (χ0v) is 12.4. The number of nitrogens with two attached hydrogens (primary N) is 1. The monoisotopic (exact) mass is 310 g/mol. The van der Waals surface area contributed by atoms with Gasteiger partial charge in [0.05, 0.1) is 14.8 Å². The lowest BCUT2D eigenvalue weighted by Crippen LogP contribution is -2.05. The van der Waals surface area contributed by atoms with Crippen LogP contribution >= 0.6 is 23.1 Å². The summed E-state index contributed by atoms with van der Waals surface area (Å²) in [6.45, 7) is 0. The Balaban J connectivity index is 2.72. The number of rotatable bonds is 3. The van der Waals surface area contributed by atoms with E-state index in [2.05, 4.69) is 0 Å². The maximum absolute atomic E-state index is 12.6. The maximum atomic E-state index is 12.6. The number of anilines is 1. The number of hydrogen-bond acceptors (Lipinski definition) is 6. The van der Waals surface area contributed by atoms with E-state index in [4.69, 9.17) is 11.0 Å². The number of sulfone groups is 1. The lowest BCUT2D eigenvalue weighted by atomic mass is 10.4. The number of nitrogen functional groups attached to an aromatic ring is 1. The van der Waals surface area contributed by atoms with Crippen molar-refractivity contribution < 1.29 is 8.42 Å². The molecule has 0 aliphatic heterocycles. The predicted octanol–water partition coefficient (Wildman–Crippen LogP) is 2.76. The normalized spacial score (nSPS) is 11.2. The van der Waals surface area contributed by atoms with Crippen LogP contribution in [-0.2, 0) is 9.84 Å². The van der Waals surface area contributed by atoms with Gasteiger partial charge in [-0.25, -0.2) is 8.42 Å². The fraction of sp³-hybridized carbons (Fsp3) is 0.0833. The Bertz CT molecular complexity index is 743. The molecule has 7 heteroatoms. The number of nitriles is 1. The van der Waals surface area contributed by atoms with Crippen LogP contribution < -0.4 is 5.73 Å². The number of hydrogen-bond donors (Lipinski definition) is 1. The average molecular weight is 310 g/mol. The van der Waals surface area contributed by atoms with Gasteiger partial charge in [-0.2, -0.15) is 5.26 Å². The number of thioether (sulfide) groups is 1. The largest absolute Gasteiger partial charge is 0.396 e. The highest BCUT2D eigenvalue weighted by atomic mass is 32.2. The lowest BCUT2D eigenvalue weighted by Gasteiger charge is -2.05. The van der Waals surface area contributed by atoms with Crippen LogP contribution in [0.2, 0.25) is 0 Å². The molecule has 0 unspecified atom stereocenters. The highest BCUT2D eigenvalue weighted by Gasteiger charge is 2.28. The molecule has 0 saturated heterocycles. The van der Waals surface area contributed by atoms with Crippen LogP contribution in [0.25, 0.3) is 0 Å². The summed E-state index contributed by atoms with van der Waals surface area (Å²) in [4.78, 5) is 0.464. The van der Waals surface area contributed by atoms with E-state index in [1.54, 1.807) is 24.5 Å². The Morgan fingerprint density at radius 2 is 1.95 bits per heavy atom. The molecule has 0 aliphatic rings. The van der Waals surface area contributed by atoms with Crippen molar-refractivity contribution in [1.82, 2.24) is 0 Å². The van der Waals surface area contributed by atoms with Gasteiger partial charge in [0, 0.05) is 0 Å². The number of thiophene rings is 1. The van der Waals surface area contributed by atoms with Crippen molar-refractivity contribution >= 4 is 38.6 Å². The Morgan fingerprint density at radius 3 is 2.47 bits per heavy atom. The Labute approximate surface area is 119 Å². The van der Waals surface area contributed by atoms with Crippen LogP contribution in [0.1, 0.15) is 4.88 Å². The molecule has 0 radical (unpaired) electrons. The fourth-order valence-corrected chi connectivity index (χ4v) is 5.58. The van der Waals surface area contributed by atoms with Gasteiger partial charge >= 0.3 is 0 Å². The molecule has 0 fully saturated rings. The molecule has 0 aliphatic carbocycles. The summed E-state index contributed by atoms with van der Waals surface area (Å²) in [5.41, 5.74) is 5.85. The fourth-order valence-electron chi connectivity index (χ4n) is 1.60. The van der Waals surface area contributed by atoms with Crippen LogP contribution in [0.15, 0.2) is 44.3 Å². The van der Waals surface area contributed by atoms with Crippen molar-refractivity contribution in [2.24, 2.45) is 0 Å². The zero-order valence-electron chi connectivity index (χ0n) is 9.95. The smallest absolute Gasteiger partial charge is 0.210 e. The quantitative estimate of drug-likeness (QED) is 0.881. The third-order valence-corrected chi connectivity index (χ3v) is 6.82. The highest BCUT2D eigenvalue weighted by Crippen LogP contribution is 2.42. The number of benzene rings is 1. The molecule has 0 bridgehead atoms. The molecule has 1 aromatic heterocycles. The van der Waals surface area contributed by atoms with Gasteiger partial charge in [-0.05, 0) is 18.4 Å². The number of nitrogens with zero attached hydrogens (tertiary/aromatic N) is 1. The standard InChI is InChI=1S/C12H10N2O2S3/c1-17-12-11(10(14)9(7-13)18-12)19(15,16)8-5-3-2-4-6-8/h2-6H,14H2,1H3. The van der Waals surface area contributed by atoms with Gasteiger partial charge < -0.3 is 5.73 Å². The third-order valence-electron chi connectivity index (χ3n) is 2.48. The Morgan fingerprint density at radius 1 is 1.32 bits per heavy atom. The van der Waals surface area contributed by atoms with E-state index in [1.807, 2.05) is 6.07 Å². The van der Waals surface area contributed by atoms with Crippen LogP contribution in [0.5, 0.6) is 0 Å². The second-order valence-electron chi connectivity index (χ2n) is 3.59. The van der Waals surface area contributed by atoms with Crippen molar-refractivity contribution in [3.63, 3.8) is 0 Å². The molecule has 0 atom stereocenters. The van der Waals surface area contributed by atoms with Crippen molar-refractivity contribution in [3.05, 3.63) is 35.2 Å². The molecule has 2 rings (SSSR count). The average Bonchev–Trinajstić information content (AvgIpc) is 2.76. The summed E-state index contributed by atoms with van der Waals surface area (Å²) in [5, 5.41) is 8.96. The first-order valence-corrected chi connectivity index (χ1v) is 8.71. The van der Waals surface area contributed by atoms with Crippen molar-refractivity contribution in [2.45, 2.75) is 14.0 Å². The zero-order chi connectivity index (χ0) is 14.0. The highest BCUT2D eigenvalue weighted by molar-refractivity contribution is 8.01. The van der Waals surface area contributed by atoms with Gasteiger partial charge in [-0.3, -0.25) is 0 Å². The van der Waals surface area contributed by atoms with Gasteiger partial charge in [0.1, 0.15) is 15.8 Å². The van der Waals surface area contributed by atoms with Crippen LogP contribution in [-0.4, -0.2) is 14.7 Å². The van der Waals surface area contributed by atoms with E-state index in [1.165, 1.54) is 23.9 Å². The molecular weight excluding hydrogens is 300 g/mol. The SMILES string of the molecule is CSc1sc(C#N)c(N)c1S(=O)(=O)c1ccccc1. The molecule has 1 aromatic carbocycles. The molecule has 98 valence electrons. The van der Waals surface area contributed by atoms with Crippen LogP contribution in [0.3, 0.4) is 0 Å². The predicted molar refractivity (Wildman–Crippen MR) is 77.1 cm³/mol. The van der Waals surface area contributed by atoms with Gasteiger partial charge in [0.15, 0.2) is 0 Å². The van der Waals surface area contributed by atoms with E-state index in [-0.39, 0.29) is 20.4 Å². The second-order valence-corrected chi connectivity index (χ2v) is 7.58. The lowest BCUT2D eigenvalue weighted by molar-refractivity contribution is 0.595. The Kier molecular flexibility index (Phi) is 3.85. The summed E-state index contributed by atoms with van der Waals surface area (Å²) >= 11 is 2.38. The molecule has 2 N–H and O–H groups in total. The van der Waals surface area contributed by atoms with E-state index in [0.29, 0.717) is 4.21 Å². The molecule has 0 saturated carbocycles. The maximum Gasteiger partial charge on any atom is 0.210 e. The first-order valence-electron chi connectivity index (χ1n) is 5.19. The van der Waals surface area contributed by atoms with Crippen molar-refractivity contribution in [3.8, 4) is 6.07 Å². The van der Waals surface area contributed by atoms with Gasteiger partial charge in [-0.1, -0.05) is 18.2 Å². The van der Waals surface area contributed by atoms with Gasteiger partial charge in [0.25, 0.3) is 0 Å². The van der Waals surface area contributed by atoms with E-state index < -0.39 is 9.84 Å². The van der Waals surface area contributed by atoms with Crippen LogP contribution in [0.4, 0.5) is 5.69 Å². The first-order chi connectivity index (χ1) is 9.02. The van der Waals surface area contributed by atoms with E-state index in [9.17, 15) is 8.42 Å². The summed E-state index contributed by atoms with van der Waals surface area (Å²) < 4.78 is 25.7. The summed E-state index contributed by atoms with van der Waals surface area (Å²) in [6.07, 6.45) is 1.76. The van der Waals surface area contributed by atoms with E-state index in [0.717, 1.165) is 11.3 Å². The van der Waals surface area contributed by atoms with E-state index >= 15 is 0 Å². The second kappa shape index (κ2) is 5.25. The molecule has 1 heterocycles. The summed E-state index contributed by atoms with van der Waals surface area (Å²) in [5.74, 6) is 0. The molecule has 4 nitrogen and oxygen atoms in total. The molecule has 19 heavy (non-hydrogen) atoms. The Hall–Kier alpha value is -1.49. The minimum Gasteiger partial charge on any atom is -0.396 e. The molecule has 0 amide bonds. The van der Waals surface area contributed by atoms with Crippen LogP contribution in [0, 0.1) is 11.3 Å². The third kappa shape index (κ3) is 2.34.